The lowest BCUT2D eigenvalue weighted by atomic mass is 10.2. The summed E-state index contributed by atoms with van der Waals surface area (Å²) in [4.78, 5) is 4.54. The van der Waals surface area contributed by atoms with Crippen molar-refractivity contribution in [3.8, 4) is 0 Å². The van der Waals surface area contributed by atoms with Crippen LogP contribution >= 0.6 is 34.9 Å². The summed E-state index contributed by atoms with van der Waals surface area (Å²) in [5.74, 6) is 0. The van der Waals surface area contributed by atoms with Gasteiger partial charge in [-0.1, -0.05) is 43.0 Å². The lowest BCUT2D eigenvalue weighted by molar-refractivity contribution is 0.587. The number of rotatable bonds is 6. The maximum absolute atomic E-state index is 4.54. The smallest absolute Gasteiger partial charge is 0.181 e. The molecule has 4 nitrogen and oxygen atoms in total. The van der Waals surface area contributed by atoms with Gasteiger partial charge in [0.25, 0.3) is 0 Å². The molecule has 2 aromatic heterocycles. The van der Waals surface area contributed by atoms with Gasteiger partial charge in [0, 0.05) is 18.8 Å². The summed E-state index contributed by atoms with van der Waals surface area (Å²) in [5, 5.41) is 12.7. The molecule has 0 aliphatic rings. The minimum atomic E-state index is 0.482. The number of hydrogen-bond acceptors (Lipinski definition) is 7. The number of nitrogens with zero attached hydrogens (tertiary/aromatic N) is 3. The first-order chi connectivity index (χ1) is 9.58. The first-order valence-corrected chi connectivity index (χ1v) is 9.18. The molecule has 0 aliphatic heterocycles. The molecule has 0 aliphatic carbocycles. The predicted molar refractivity (Wildman–Crippen MR) is 86.8 cm³/mol. The van der Waals surface area contributed by atoms with Crippen LogP contribution in [-0.4, -0.2) is 27.5 Å². The molecule has 2 rings (SSSR count). The third-order valence-corrected chi connectivity index (χ3v) is 5.62. The average Bonchev–Trinajstić information content (AvgIpc) is 2.87. The van der Waals surface area contributed by atoms with Gasteiger partial charge in [-0.2, -0.15) is 0 Å². The Hall–Kier alpha value is -0.630. The van der Waals surface area contributed by atoms with Gasteiger partial charge in [0.2, 0.25) is 0 Å². The summed E-state index contributed by atoms with van der Waals surface area (Å²) in [7, 11) is 0. The monoisotopic (exact) mass is 326 g/mol. The third kappa shape index (κ3) is 4.44. The molecule has 108 valence electrons. The molecule has 0 saturated heterocycles. The Morgan fingerprint density at radius 2 is 2.05 bits per heavy atom. The van der Waals surface area contributed by atoms with Gasteiger partial charge in [-0.05, 0) is 36.1 Å². The fourth-order valence-electron chi connectivity index (χ4n) is 1.55. The van der Waals surface area contributed by atoms with Gasteiger partial charge in [-0.25, -0.2) is 4.98 Å². The van der Waals surface area contributed by atoms with E-state index in [1.54, 1.807) is 34.9 Å². The van der Waals surface area contributed by atoms with Crippen molar-refractivity contribution in [3.05, 3.63) is 23.4 Å². The van der Waals surface area contributed by atoms with E-state index >= 15 is 0 Å². The van der Waals surface area contributed by atoms with Crippen LogP contribution in [0.5, 0.6) is 0 Å². The van der Waals surface area contributed by atoms with Gasteiger partial charge in [-0.15, -0.1) is 10.2 Å². The largest absolute Gasteiger partial charge is 0.310 e. The number of hydrogen-bond donors (Lipinski definition) is 1. The Morgan fingerprint density at radius 3 is 2.65 bits per heavy atom. The number of nitrogens with one attached hydrogen (secondary N) is 1. The van der Waals surface area contributed by atoms with Crippen LogP contribution in [-0.2, 0) is 6.54 Å². The Balaban J connectivity index is 2.05. The van der Waals surface area contributed by atoms with Crippen LogP contribution in [0.4, 0.5) is 0 Å². The van der Waals surface area contributed by atoms with Crippen LogP contribution in [0.2, 0.25) is 0 Å². The van der Waals surface area contributed by atoms with Crippen LogP contribution in [0.3, 0.4) is 0 Å². The molecule has 2 aromatic rings. The van der Waals surface area contributed by atoms with E-state index in [-0.39, 0.29) is 0 Å². The van der Waals surface area contributed by atoms with Crippen molar-refractivity contribution < 1.29 is 0 Å². The summed E-state index contributed by atoms with van der Waals surface area (Å²) in [5.41, 5.74) is 2.39. The quantitative estimate of drug-likeness (QED) is 0.818. The lowest BCUT2D eigenvalue weighted by Gasteiger charge is -2.09. The van der Waals surface area contributed by atoms with Crippen molar-refractivity contribution in [3.63, 3.8) is 0 Å². The number of thioether (sulfide) groups is 1. The van der Waals surface area contributed by atoms with Crippen molar-refractivity contribution in [2.45, 2.75) is 47.1 Å². The van der Waals surface area contributed by atoms with Gasteiger partial charge in [-0.3, -0.25) is 0 Å². The second kappa shape index (κ2) is 7.40. The Kier molecular flexibility index (Phi) is 5.83. The van der Waals surface area contributed by atoms with Gasteiger partial charge < -0.3 is 5.32 Å². The van der Waals surface area contributed by atoms with Crippen molar-refractivity contribution in [1.82, 2.24) is 20.5 Å². The maximum atomic E-state index is 4.54. The highest BCUT2D eigenvalue weighted by Crippen LogP contribution is 2.33. The molecule has 1 N–H and O–H groups in total. The third-order valence-electron chi connectivity index (χ3n) is 2.55. The second-order valence-corrected chi connectivity index (χ2v) is 7.91. The van der Waals surface area contributed by atoms with Gasteiger partial charge in [0.05, 0.1) is 0 Å². The van der Waals surface area contributed by atoms with Crippen LogP contribution in [0.1, 0.15) is 25.0 Å². The Bertz CT molecular complexity index is 568. The first kappa shape index (κ1) is 15.8. The zero-order valence-corrected chi connectivity index (χ0v) is 14.5. The van der Waals surface area contributed by atoms with E-state index in [1.807, 2.05) is 12.5 Å². The zero-order valence-electron chi connectivity index (χ0n) is 12.0. The summed E-state index contributed by atoms with van der Waals surface area (Å²) in [6.45, 7) is 7.23. The minimum Gasteiger partial charge on any atom is -0.310 e. The number of aryl methyl sites for hydroxylation is 1. The molecule has 0 radical (unpaired) electrons. The van der Waals surface area contributed by atoms with E-state index in [2.05, 4.69) is 47.3 Å². The highest BCUT2D eigenvalue weighted by atomic mass is 32.2. The van der Waals surface area contributed by atoms with Crippen LogP contribution in [0.15, 0.2) is 26.0 Å². The Morgan fingerprint density at radius 1 is 1.30 bits per heavy atom. The lowest BCUT2D eigenvalue weighted by Crippen LogP contribution is -2.21. The van der Waals surface area contributed by atoms with Crippen molar-refractivity contribution in [2.75, 3.05) is 6.26 Å². The van der Waals surface area contributed by atoms with Gasteiger partial charge >= 0.3 is 0 Å². The minimum absolute atomic E-state index is 0.482. The van der Waals surface area contributed by atoms with E-state index in [0.29, 0.717) is 6.04 Å². The van der Waals surface area contributed by atoms with E-state index in [0.717, 1.165) is 20.3 Å². The molecule has 2 heterocycles. The molecule has 0 fully saturated rings. The summed E-state index contributed by atoms with van der Waals surface area (Å²) < 4.78 is 1.93. The normalized spacial score (nSPS) is 11.2. The molecular weight excluding hydrogens is 308 g/mol. The number of aromatic nitrogens is 3. The van der Waals surface area contributed by atoms with Gasteiger partial charge in [0.1, 0.15) is 5.03 Å². The summed E-state index contributed by atoms with van der Waals surface area (Å²) in [6.07, 6.45) is 3.94. The molecule has 0 spiro atoms. The summed E-state index contributed by atoms with van der Waals surface area (Å²) in [6, 6.07) is 2.66. The SMILES string of the molecule is CSc1nnc(Sc2ncc(CNC(C)C)cc2C)s1. The fraction of sp³-hybridized carbons (Fsp3) is 0.462. The van der Waals surface area contributed by atoms with Crippen molar-refractivity contribution in [2.24, 2.45) is 0 Å². The molecule has 0 aromatic carbocycles. The van der Waals surface area contributed by atoms with E-state index < -0.39 is 0 Å². The molecule has 20 heavy (non-hydrogen) atoms. The predicted octanol–water partition coefficient (Wildman–Crippen LogP) is 3.61. The standard InChI is InChI=1S/C13H18N4S3/c1-8(2)14-6-10-5-9(3)11(15-7-10)19-13-17-16-12(18-4)20-13/h5,7-8,14H,6H2,1-4H3. The summed E-state index contributed by atoms with van der Waals surface area (Å²) >= 11 is 4.81. The highest BCUT2D eigenvalue weighted by molar-refractivity contribution is 8.03. The van der Waals surface area contributed by atoms with Crippen LogP contribution in [0, 0.1) is 6.92 Å². The van der Waals surface area contributed by atoms with E-state index in [1.165, 1.54) is 11.1 Å². The first-order valence-electron chi connectivity index (χ1n) is 6.32. The van der Waals surface area contributed by atoms with Gasteiger partial charge in [0.15, 0.2) is 8.68 Å². The average molecular weight is 327 g/mol. The topological polar surface area (TPSA) is 50.7 Å². The molecule has 0 saturated carbocycles. The highest BCUT2D eigenvalue weighted by Gasteiger charge is 2.09. The Labute approximate surface area is 132 Å². The second-order valence-electron chi connectivity index (χ2n) is 4.64. The molecule has 0 unspecified atom stereocenters. The molecular formula is C13H18N4S3. The molecule has 7 heteroatoms. The van der Waals surface area contributed by atoms with Crippen molar-refractivity contribution >= 4 is 34.9 Å². The molecule has 0 atom stereocenters. The van der Waals surface area contributed by atoms with E-state index in [9.17, 15) is 0 Å². The van der Waals surface area contributed by atoms with Crippen LogP contribution < -0.4 is 5.32 Å². The molecule has 0 bridgehead atoms. The van der Waals surface area contributed by atoms with Crippen molar-refractivity contribution in [1.29, 1.82) is 0 Å². The maximum Gasteiger partial charge on any atom is 0.181 e. The zero-order chi connectivity index (χ0) is 14.5. The number of pyridine rings is 1. The van der Waals surface area contributed by atoms with E-state index in [4.69, 9.17) is 0 Å². The molecule has 0 amide bonds. The van der Waals surface area contributed by atoms with Crippen LogP contribution in [0.25, 0.3) is 0 Å². The fourth-order valence-corrected chi connectivity index (χ4v) is 3.93.